The summed E-state index contributed by atoms with van der Waals surface area (Å²) in [6.07, 6.45) is -1.43. The number of Topliss-reactive ketones (excluding diaryl/α,β-unsaturated/α-hetero) is 1. The predicted octanol–water partition coefficient (Wildman–Crippen LogP) is -0.180. The van der Waals surface area contributed by atoms with Crippen LogP contribution in [0, 0.1) is 5.92 Å². The summed E-state index contributed by atoms with van der Waals surface area (Å²) < 4.78 is 39.7. The molecular weight excluding hydrogens is 438 g/mol. The number of sulfonamides is 1. The Morgan fingerprint density at radius 3 is 2.72 bits per heavy atom. The van der Waals surface area contributed by atoms with Gasteiger partial charge in [-0.15, -0.1) is 0 Å². The molecule has 0 saturated carbocycles. The van der Waals surface area contributed by atoms with E-state index in [1.807, 2.05) is 12.1 Å². The van der Waals surface area contributed by atoms with Gasteiger partial charge in [-0.1, -0.05) is 30.3 Å². The van der Waals surface area contributed by atoms with Crippen molar-refractivity contribution >= 4 is 32.5 Å². The first kappa shape index (κ1) is 22.8. The third-order valence-corrected chi connectivity index (χ3v) is 7.29. The summed E-state index contributed by atoms with van der Waals surface area (Å²) in [7, 11) is -4.18. The largest absolute Gasteiger partial charge is 0.481 e. The number of carbonyl (C=O) groups excluding carboxylic acids is 1. The molecule has 2 heterocycles. The third-order valence-electron chi connectivity index (χ3n) is 5.82. The Balaban J connectivity index is 1.61. The van der Waals surface area contributed by atoms with Gasteiger partial charge in [0.2, 0.25) is 10.0 Å². The molecule has 2 saturated heterocycles. The van der Waals surface area contributed by atoms with Crippen LogP contribution in [0.5, 0.6) is 0 Å². The van der Waals surface area contributed by atoms with Crippen LogP contribution in [0.1, 0.15) is 6.42 Å². The number of nitrogens with one attached hydrogen (secondary N) is 2. The highest BCUT2D eigenvalue weighted by molar-refractivity contribution is 7.89. The number of hydrogen-bond acceptors (Lipinski definition) is 8. The number of rotatable bonds is 7. The molecule has 3 unspecified atom stereocenters. The molecule has 5 N–H and O–H groups in total. The molecule has 32 heavy (non-hydrogen) atoms. The average molecular weight is 464 g/mol. The summed E-state index contributed by atoms with van der Waals surface area (Å²) in [6.45, 7) is 0.758. The maximum atomic E-state index is 13.4. The third kappa shape index (κ3) is 4.53. The van der Waals surface area contributed by atoms with Crippen LogP contribution in [0.3, 0.4) is 0 Å². The molecule has 0 radical (unpaired) electrons. The lowest BCUT2D eigenvalue weighted by Gasteiger charge is -2.40. The molecule has 2 aromatic rings. The van der Waals surface area contributed by atoms with Gasteiger partial charge in [0.05, 0.1) is 36.5 Å². The van der Waals surface area contributed by atoms with Crippen LogP contribution in [0.25, 0.3) is 10.8 Å². The van der Waals surface area contributed by atoms with Gasteiger partial charge in [0, 0.05) is 13.1 Å². The number of ketones is 1. The van der Waals surface area contributed by atoms with E-state index in [0.717, 1.165) is 5.39 Å². The maximum Gasteiger partial charge on any atom is 0.305 e. The number of carbonyl (C=O) groups is 2. The molecule has 0 amide bonds. The molecule has 0 aromatic heterocycles. The van der Waals surface area contributed by atoms with Crippen molar-refractivity contribution in [2.45, 2.75) is 29.2 Å². The molecule has 2 aliphatic rings. The first-order valence-electron chi connectivity index (χ1n) is 10.2. The Morgan fingerprint density at radius 1 is 1.25 bits per heavy atom. The van der Waals surface area contributed by atoms with Crippen LogP contribution in [0.15, 0.2) is 47.4 Å². The maximum absolute atomic E-state index is 13.4. The molecule has 10 nitrogen and oxygen atoms in total. The van der Waals surface area contributed by atoms with Gasteiger partial charge >= 0.3 is 5.97 Å². The van der Waals surface area contributed by atoms with E-state index in [9.17, 15) is 23.1 Å². The number of carboxylic acids is 1. The minimum atomic E-state index is -4.18. The molecular formula is C21H25N3O7S. The average Bonchev–Trinajstić information content (AvgIpc) is 3.13. The summed E-state index contributed by atoms with van der Waals surface area (Å²) in [5, 5.41) is 14.0. The SMILES string of the molecule is NC1COCC2(CNCC2C(=O)[C@H](CC(=O)O)NS(=O)(=O)c2ccc3ccccc3c2)O1. The van der Waals surface area contributed by atoms with Gasteiger partial charge in [-0.2, -0.15) is 0 Å². The van der Waals surface area contributed by atoms with E-state index in [-0.39, 0.29) is 31.2 Å². The highest BCUT2D eigenvalue weighted by Crippen LogP contribution is 2.32. The number of hydrogen-bond donors (Lipinski definition) is 4. The zero-order chi connectivity index (χ0) is 22.9. The number of carboxylic acid groups (broad SMARTS) is 1. The van der Waals surface area contributed by atoms with Gasteiger partial charge < -0.3 is 25.6 Å². The number of nitrogens with two attached hydrogens (primary N) is 1. The van der Waals surface area contributed by atoms with E-state index >= 15 is 0 Å². The summed E-state index contributed by atoms with van der Waals surface area (Å²) in [5.74, 6) is -2.71. The highest BCUT2D eigenvalue weighted by Gasteiger charge is 2.52. The zero-order valence-electron chi connectivity index (χ0n) is 17.2. The first-order valence-corrected chi connectivity index (χ1v) is 11.7. The van der Waals surface area contributed by atoms with Gasteiger partial charge in [-0.05, 0) is 22.9 Å². The topological polar surface area (TPSA) is 157 Å². The summed E-state index contributed by atoms with van der Waals surface area (Å²) in [4.78, 5) is 24.8. The summed E-state index contributed by atoms with van der Waals surface area (Å²) in [6, 6.07) is 10.3. The minimum Gasteiger partial charge on any atom is -0.481 e. The van der Waals surface area contributed by atoms with Crippen LogP contribution >= 0.6 is 0 Å². The van der Waals surface area contributed by atoms with E-state index in [1.165, 1.54) is 12.1 Å². The number of aliphatic carboxylic acids is 1. The van der Waals surface area contributed by atoms with Gasteiger partial charge in [-0.25, -0.2) is 13.1 Å². The van der Waals surface area contributed by atoms with Crippen molar-refractivity contribution in [1.82, 2.24) is 10.0 Å². The van der Waals surface area contributed by atoms with Crippen molar-refractivity contribution in [1.29, 1.82) is 0 Å². The van der Waals surface area contributed by atoms with Crippen molar-refractivity contribution in [2.75, 3.05) is 26.3 Å². The normalized spacial score (nSPS) is 26.9. The van der Waals surface area contributed by atoms with Crippen molar-refractivity contribution in [3.63, 3.8) is 0 Å². The molecule has 4 atom stereocenters. The van der Waals surface area contributed by atoms with Crippen molar-refractivity contribution in [3.05, 3.63) is 42.5 Å². The van der Waals surface area contributed by atoms with Gasteiger partial charge in [0.15, 0.2) is 5.78 Å². The standard InChI is InChI=1S/C21H25N3O7S/c22-18-10-30-12-21(31-18)11-23-9-16(21)20(27)17(8-19(25)26)24-32(28,29)15-6-5-13-3-1-2-4-14(13)7-15/h1-7,16-18,23-24H,8-12,22H2,(H,25,26)/t16?,17-,18?,21?/m0/s1. The van der Waals surface area contributed by atoms with E-state index in [1.54, 1.807) is 18.2 Å². The van der Waals surface area contributed by atoms with Crippen LogP contribution in [0.2, 0.25) is 0 Å². The Labute approximate surface area is 185 Å². The molecule has 2 aliphatic heterocycles. The Kier molecular flexibility index (Phi) is 6.30. The molecule has 2 aromatic carbocycles. The molecule has 0 bridgehead atoms. The molecule has 11 heteroatoms. The lowest BCUT2D eigenvalue weighted by Crippen LogP contribution is -2.59. The predicted molar refractivity (Wildman–Crippen MR) is 114 cm³/mol. The summed E-state index contributed by atoms with van der Waals surface area (Å²) >= 11 is 0. The Bertz CT molecular complexity index is 1140. The molecule has 172 valence electrons. The van der Waals surface area contributed by atoms with Crippen molar-refractivity contribution < 1.29 is 32.6 Å². The van der Waals surface area contributed by atoms with E-state index < -0.39 is 52.0 Å². The van der Waals surface area contributed by atoms with Gasteiger partial charge in [-0.3, -0.25) is 9.59 Å². The molecule has 4 rings (SSSR count). The van der Waals surface area contributed by atoms with E-state index in [2.05, 4.69) is 10.0 Å². The molecule has 1 spiro atoms. The monoisotopic (exact) mass is 463 g/mol. The van der Waals surface area contributed by atoms with Crippen LogP contribution < -0.4 is 15.8 Å². The quantitative estimate of drug-likeness (QED) is 0.437. The zero-order valence-corrected chi connectivity index (χ0v) is 18.0. The fraction of sp³-hybridized carbons (Fsp3) is 0.429. The smallest absolute Gasteiger partial charge is 0.305 e. The number of fused-ring (bicyclic) bond motifs is 1. The van der Waals surface area contributed by atoms with Gasteiger partial charge in [0.25, 0.3) is 0 Å². The second-order valence-electron chi connectivity index (χ2n) is 8.10. The second kappa shape index (κ2) is 8.85. The van der Waals surface area contributed by atoms with Crippen LogP contribution in [-0.4, -0.2) is 69.5 Å². The Hall–Kier alpha value is -2.41. The lowest BCUT2D eigenvalue weighted by molar-refractivity contribution is -0.204. The van der Waals surface area contributed by atoms with Crippen LogP contribution in [-0.2, 0) is 29.1 Å². The van der Waals surface area contributed by atoms with Crippen LogP contribution in [0.4, 0.5) is 0 Å². The fourth-order valence-corrected chi connectivity index (χ4v) is 5.54. The van der Waals surface area contributed by atoms with Gasteiger partial charge in [0.1, 0.15) is 11.8 Å². The minimum absolute atomic E-state index is 0.0575. The Morgan fingerprint density at radius 2 is 2.00 bits per heavy atom. The summed E-state index contributed by atoms with van der Waals surface area (Å²) in [5.41, 5.74) is 4.77. The van der Waals surface area contributed by atoms with E-state index in [0.29, 0.717) is 5.39 Å². The molecule has 2 fully saturated rings. The number of ether oxygens (including phenoxy) is 2. The lowest BCUT2D eigenvalue weighted by atomic mass is 9.83. The molecule has 0 aliphatic carbocycles. The van der Waals surface area contributed by atoms with Crippen molar-refractivity contribution in [2.24, 2.45) is 11.7 Å². The number of benzene rings is 2. The first-order chi connectivity index (χ1) is 15.2. The van der Waals surface area contributed by atoms with Crippen molar-refractivity contribution in [3.8, 4) is 0 Å². The van der Waals surface area contributed by atoms with E-state index in [4.69, 9.17) is 15.2 Å². The second-order valence-corrected chi connectivity index (χ2v) is 9.82. The highest BCUT2D eigenvalue weighted by atomic mass is 32.2. The fourth-order valence-electron chi connectivity index (χ4n) is 4.30.